The highest BCUT2D eigenvalue weighted by Crippen LogP contribution is 2.18. The molecule has 6 heteroatoms. The van der Waals surface area contributed by atoms with E-state index in [9.17, 15) is 19.1 Å². The zero-order chi connectivity index (χ0) is 18.4. The highest BCUT2D eigenvalue weighted by molar-refractivity contribution is 5.84. The Kier molecular flexibility index (Phi) is 6.11. The number of aliphatic carboxylic acids is 1. The van der Waals surface area contributed by atoms with Crippen molar-refractivity contribution in [2.45, 2.75) is 25.8 Å². The fourth-order valence-electron chi connectivity index (χ4n) is 2.45. The normalized spacial score (nSPS) is 11.6. The van der Waals surface area contributed by atoms with Crippen molar-refractivity contribution < 1.29 is 23.8 Å². The molecule has 0 bridgehead atoms. The Morgan fingerprint density at radius 3 is 2.64 bits per heavy atom. The molecule has 5 nitrogen and oxygen atoms in total. The number of ether oxygens (including phenoxy) is 1. The van der Waals surface area contributed by atoms with Crippen molar-refractivity contribution in [3.05, 3.63) is 65.0 Å². The van der Waals surface area contributed by atoms with Gasteiger partial charge in [-0.2, -0.15) is 0 Å². The van der Waals surface area contributed by atoms with E-state index in [1.165, 1.54) is 18.2 Å². The monoisotopic (exact) mass is 345 g/mol. The lowest BCUT2D eigenvalue weighted by atomic mass is 10.0. The average Bonchev–Trinajstić information content (AvgIpc) is 2.60. The summed E-state index contributed by atoms with van der Waals surface area (Å²) in [7, 11) is 1.56. The third-order valence-electron chi connectivity index (χ3n) is 3.84. The smallest absolute Gasteiger partial charge is 0.330 e. The SMILES string of the molecule is COc1cccc(CCC(=O)NC(C(=O)O)c2ccc(F)c(C)c2)c1. The molecule has 0 aromatic heterocycles. The van der Waals surface area contributed by atoms with Crippen molar-refractivity contribution >= 4 is 11.9 Å². The van der Waals surface area contributed by atoms with Crippen LogP contribution in [-0.4, -0.2) is 24.1 Å². The van der Waals surface area contributed by atoms with E-state index in [0.717, 1.165) is 5.56 Å². The number of carbonyl (C=O) groups is 2. The van der Waals surface area contributed by atoms with Gasteiger partial charge in [-0.05, 0) is 48.2 Å². The third-order valence-corrected chi connectivity index (χ3v) is 3.84. The van der Waals surface area contributed by atoms with Crippen molar-refractivity contribution in [1.29, 1.82) is 0 Å². The largest absolute Gasteiger partial charge is 0.497 e. The van der Waals surface area contributed by atoms with Crippen molar-refractivity contribution in [1.82, 2.24) is 5.32 Å². The Morgan fingerprint density at radius 2 is 2.00 bits per heavy atom. The molecule has 0 aliphatic heterocycles. The van der Waals surface area contributed by atoms with Gasteiger partial charge < -0.3 is 15.2 Å². The summed E-state index contributed by atoms with van der Waals surface area (Å²) in [6.45, 7) is 1.54. The molecule has 2 rings (SSSR count). The number of amides is 1. The fraction of sp³-hybridized carbons (Fsp3) is 0.263. The second kappa shape index (κ2) is 8.28. The van der Waals surface area contributed by atoms with E-state index in [2.05, 4.69) is 5.32 Å². The van der Waals surface area contributed by atoms with E-state index in [-0.39, 0.29) is 6.42 Å². The van der Waals surface area contributed by atoms with Gasteiger partial charge in [0.15, 0.2) is 6.04 Å². The molecule has 2 aromatic rings. The number of rotatable bonds is 7. The first-order valence-electron chi connectivity index (χ1n) is 7.82. The molecular weight excluding hydrogens is 325 g/mol. The molecule has 0 heterocycles. The average molecular weight is 345 g/mol. The Morgan fingerprint density at radius 1 is 1.24 bits per heavy atom. The van der Waals surface area contributed by atoms with Gasteiger partial charge in [0, 0.05) is 6.42 Å². The summed E-state index contributed by atoms with van der Waals surface area (Å²) < 4.78 is 18.5. The van der Waals surface area contributed by atoms with E-state index in [1.807, 2.05) is 18.2 Å². The van der Waals surface area contributed by atoms with Crippen LogP contribution in [0.3, 0.4) is 0 Å². The molecule has 0 spiro atoms. The van der Waals surface area contributed by atoms with Gasteiger partial charge in [0.25, 0.3) is 0 Å². The number of halogens is 1. The summed E-state index contributed by atoms with van der Waals surface area (Å²) >= 11 is 0. The van der Waals surface area contributed by atoms with Crippen LogP contribution in [0.1, 0.15) is 29.2 Å². The molecule has 0 aliphatic rings. The maximum atomic E-state index is 13.4. The molecule has 0 saturated heterocycles. The number of carboxylic acids is 1. The molecule has 0 saturated carbocycles. The highest BCUT2D eigenvalue weighted by atomic mass is 19.1. The zero-order valence-electron chi connectivity index (χ0n) is 14.1. The number of nitrogens with one attached hydrogen (secondary N) is 1. The van der Waals surface area contributed by atoms with E-state index >= 15 is 0 Å². The molecule has 2 aromatic carbocycles. The lowest BCUT2D eigenvalue weighted by Gasteiger charge is -2.16. The van der Waals surface area contributed by atoms with E-state index in [1.54, 1.807) is 20.1 Å². The molecule has 2 N–H and O–H groups in total. The second-order valence-corrected chi connectivity index (χ2v) is 5.70. The van der Waals surface area contributed by atoms with Gasteiger partial charge in [-0.15, -0.1) is 0 Å². The van der Waals surface area contributed by atoms with E-state index in [4.69, 9.17) is 4.74 Å². The number of hydrogen-bond acceptors (Lipinski definition) is 3. The molecule has 1 atom stereocenters. The van der Waals surface area contributed by atoms with Crippen LogP contribution in [-0.2, 0) is 16.0 Å². The summed E-state index contributed by atoms with van der Waals surface area (Å²) in [6, 6.07) is 10.1. The Labute approximate surface area is 145 Å². The second-order valence-electron chi connectivity index (χ2n) is 5.70. The molecule has 25 heavy (non-hydrogen) atoms. The van der Waals surface area contributed by atoms with Crippen LogP contribution in [0.25, 0.3) is 0 Å². The number of carboxylic acid groups (broad SMARTS) is 1. The van der Waals surface area contributed by atoms with Crippen LogP contribution in [0, 0.1) is 12.7 Å². The van der Waals surface area contributed by atoms with Crippen LogP contribution < -0.4 is 10.1 Å². The number of methoxy groups -OCH3 is 1. The summed E-state index contributed by atoms with van der Waals surface area (Å²) in [5.41, 5.74) is 1.58. The van der Waals surface area contributed by atoms with Gasteiger partial charge >= 0.3 is 5.97 Å². The topological polar surface area (TPSA) is 75.6 Å². The van der Waals surface area contributed by atoms with Gasteiger partial charge in [0.1, 0.15) is 11.6 Å². The van der Waals surface area contributed by atoms with Crippen LogP contribution >= 0.6 is 0 Å². The fourth-order valence-corrected chi connectivity index (χ4v) is 2.45. The van der Waals surface area contributed by atoms with Gasteiger partial charge in [0.05, 0.1) is 7.11 Å². The van der Waals surface area contributed by atoms with Gasteiger partial charge in [-0.3, -0.25) is 4.79 Å². The highest BCUT2D eigenvalue weighted by Gasteiger charge is 2.22. The van der Waals surface area contributed by atoms with Crippen molar-refractivity contribution in [3.8, 4) is 5.75 Å². The predicted molar refractivity (Wildman–Crippen MR) is 91.0 cm³/mol. The number of benzene rings is 2. The van der Waals surface area contributed by atoms with Crippen molar-refractivity contribution in [3.63, 3.8) is 0 Å². The third kappa shape index (κ3) is 5.04. The maximum absolute atomic E-state index is 13.4. The van der Waals surface area contributed by atoms with Crippen LogP contribution in [0.5, 0.6) is 5.75 Å². The quantitative estimate of drug-likeness (QED) is 0.809. The minimum atomic E-state index is -1.21. The summed E-state index contributed by atoms with van der Waals surface area (Å²) in [6.07, 6.45) is 0.592. The van der Waals surface area contributed by atoms with Gasteiger partial charge in [-0.25, -0.2) is 9.18 Å². The molecule has 1 amide bonds. The molecule has 1 unspecified atom stereocenters. The lowest BCUT2D eigenvalue weighted by Crippen LogP contribution is -2.34. The molecule has 132 valence electrons. The van der Waals surface area contributed by atoms with Crippen LogP contribution in [0.15, 0.2) is 42.5 Å². The molecular formula is C19H20FNO4. The number of hydrogen-bond donors (Lipinski definition) is 2. The van der Waals surface area contributed by atoms with Crippen molar-refractivity contribution in [2.75, 3.05) is 7.11 Å². The Balaban J connectivity index is 2.02. The van der Waals surface area contributed by atoms with E-state index in [0.29, 0.717) is 23.3 Å². The van der Waals surface area contributed by atoms with Crippen molar-refractivity contribution in [2.24, 2.45) is 0 Å². The maximum Gasteiger partial charge on any atom is 0.330 e. The minimum Gasteiger partial charge on any atom is -0.497 e. The zero-order valence-corrected chi connectivity index (χ0v) is 14.1. The van der Waals surface area contributed by atoms with Gasteiger partial charge in [0.2, 0.25) is 5.91 Å². The minimum absolute atomic E-state index is 0.136. The lowest BCUT2D eigenvalue weighted by molar-refractivity contribution is -0.142. The first-order chi connectivity index (χ1) is 11.9. The molecule has 0 fully saturated rings. The molecule has 0 radical (unpaired) electrons. The Hall–Kier alpha value is -2.89. The first-order valence-corrected chi connectivity index (χ1v) is 7.82. The number of aryl methyl sites for hydroxylation is 2. The molecule has 0 aliphatic carbocycles. The van der Waals surface area contributed by atoms with Crippen LogP contribution in [0.4, 0.5) is 4.39 Å². The standard InChI is InChI=1S/C19H20FNO4/c1-12-10-14(7-8-16(12)20)18(19(23)24)21-17(22)9-6-13-4-3-5-15(11-13)25-2/h3-5,7-8,10-11,18H,6,9H2,1-2H3,(H,21,22)(H,23,24). The summed E-state index contributed by atoms with van der Waals surface area (Å²) in [4.78, 5) is 23.6. The summed E-state index contributed by atoms with van der Waals surface area (Å²) in [5.74, 6) is -1.31. The number of carbonyl (C=O) groups excluding carboxylic acids is 1. The summed E-state index contributed by atoms with van der Waals surface area (Å²) in [5, 5.41) is 11.9. The first kappa shape index (κ1) is 18.4. The predicted octanol–water partition coefficient (Wildman–Crippen LogP) is 3.02. The van der Waals surface area contributed by atoms with E-state index < -0.39 is 23.7 Å². The van der Waals surface area contributed by atoms with Crippen LogP contribution in [0.2, 0.25) is 0 Å². The Bertz CT molecular complexity index is 776. The van der Waals surface area contributed by atoms with Gasteiger partial charge in [-0.1, -0.05) is 24.3 Å².